The van der Waals surface area contributed by atoms with Crippen molar-refractivity contribution in [3.05, 3.63) is 60.2 Å². The van der Waals surface area contributed by atoms with Crippen molar-refractivity contribution in [1.82, 2.24) is 24.7 Å². The highest BCUT2D eigenvalue weighted by atomic mass is 15.3. The number of aromatic nitrogens is 5. The van der Waals surface area contributed by atoms with Crippen molar-refractivity contribution in [2.75, 3.05) is 5.73 Å². The second kappa shape index (κ2) is 5.42. The van der Waals surface area contributed by atoms with E-state index < -0.39 is 0 Å². The number of benzene rings is 1. The normalized spacial score (nSPS) is 11.1. The number of rotatable bonds is 2. The third-order valence-electron chi connectivity index (χ3n) is 3.86. The predicted molar refractivity (Wildman–Crippen MR) is 93.8 cm³/mol. The number of anilines is 1. The maximum Gasteiger partial charge on any atom is 0.182 e. The Morgan fingerprint density at radius 1 is 1.04 bits per heavy atom. The van der Waals surface area contributed by atoms with Gasteiger partial charge >= 0.3 is 0 Å². The lowest BCUT2D eigenvalue weighted by molar-refractivity contribution is 0.804. The number of hydrogen-bond acceptors (Lipinski definition) is 5. The Bertz CT molecular complexity index is 1050. The second-order valence-corrected chi connectivity index (χ2v) is 5.72. The molecule has 3 heterocycles. The van der Waals surface area contributed by atoms with E-state index in [0.717, 1.165) is 33.5 Å². The zero-order valence-electron chi connectivity index (χ0n) is 13.4. The molecule has 118 valence electrons. The zero-order valence-corrected chi connectivity index (χ0v) is 13.4. The van der Waals surface area contributed by atoms with Crippen LogP contribution in [-0.2, 0) is 0 Å². The van der Waals surface area contributed by atoms with E-state index in [1.54, 1.807) is 17.1 Å². The maximum absolute atomic E-state index is 5.87. The van der Waals surface area contributed by atoms with Crippen molar-refractivity contribution in [3.63, 3.8) is 0 Å². The molecule has 0 radical (unpaired) electrons. The molecule has 0 unspecified atom stereocenters. The highest BCUT2D eigenvalue weighted by Gasteiger charge is 2.15. The molecule has 0 amide bonds. The number of nitrogens with zero attached hydrogens (tertiary/aromatic N) is 5. The minimum atomic E-state index is 0.365. The molecule has 24 heavy (non-hydrogen) atoms. The van der Waals surface area contributed by atoms with E-state index in [-0.39, 0.29) is 0 Å². The number of nitrogen functional groups attached to an aromatic ring is 1. The first kappa shape index (κ1) is 14.3. The van der Waals surface area contributed by atoms with Gasteiger partial charge in [0.05, 0.1) is 17.4 Å². The summed E-state index contributed by atoms with van der Waals surface area (Å²) in [5, 5.41) is 5.57. The number of fused-ring (bicyclic) bond motifs is 1. The molecule has 0 bridgehead atoms. The molecule has 0 fully saturated rings. The van der Waals surface area contributed by atoms with Gasteiger partial charge in [0.25, 0.3) is 0 Å². The molecule has 6 nitrogen and oxygen atoms in total. The van der Waals surface area contributed by atoms with Gasteiger partial charge in [-0.1, -0.05) is 12.1 Å². The van der Waals surface area contributed by atoms with Gasteiger partial charge in [0.2, 0.25) is 0 Å². The Kier molecular flexibility index (Phi) is 3.23. The monoisotopic (exact) mass is 316 g/mol. The minimum Gasteiger partial charge on any atom is -0.382 e. The van der Waals surface area contributed by atoms with E-state index in [9.17, 15) is 0 Å². The lowest BCUT2D eigenvalue weighted by Crippen LogP contribution is -2.08. The first-order valence-electron chi connectivity index (χ1n) is 7.63. The highest BCUT2D eigenvalue weighted by molar-refractivity contribution is 5.84. The molecule has 0 saturated heterocycles. The quantitative estimate of drug-likeness (QED) is 0.614. The van der Waals surface area contributed by atoms with E-state index in [1.165, 1.54) is 0 Å². The fourth-order valence-electron chi connectivity index (χ4n) is 2.81. The molecule has 3 aromatic heterocycles. The topological polar surface area (TPSA) is 82.5 Å². The summed E-state index contributed by atoms with van der Waals surface area (Å²) < 4.78 is 1.78. The molecule has 0 atom stereocenters. The first-order valence-corrected chi connectivity index (χ1v) is 7.63. The molecule has 4 rings (SSSR count). The number of hydrogen-bond donors (Lipinski definition) is 1. The van der Waals surface area contributed by atoms with Crippen molar-refractivity contribution in [2.24, 2.45) is 0 Å². The van der Waals surface area contributed by atoms with Crippen LogP contribution in [0.4, 0.5) is 5.82 Å². The summed E-state index contributed by atoms with van der Waals surface area (Å²) in [5.41, 5.74) is 10.4. The minimum absolute atomic E-state index is 0.365. The van der Waals surface area contributed by atoms with Gasteiger partial charge in [0.15, 0.2) is 5.82 Å². The molecule has 0 saturated carbocycles. The van der Waals surface area contributed by atoms with Crippen LogP contribution in [0.25, 0.3) is 28.0 Å². The molecular weight excluding hydrogens is 300 g/mol. The predicted octanol–water partition coefficient (Wildman–Crippen LogP) is 3.08. The third kappa shape index (κ3) is 2.38. The molecule has 0 aliphatic rings. The van der Waals surface area contributed by atoms with E-state index >= 15 is 0 Å². The average Bonchev–Trinajstić information content (AvgIpc) is 2.92. The Labute approximate surface area is 139 Å². The van der Waals surface area contributed by atoms with Crippen molar-refractivity contribution in [1.29, 1.82) is 0 Å². The molecule has 1 aromatic carbocycles. The van der Waals surface area contributed by atoms with E-state index in [4.69, 9.17) is 5.73 Å². The van der Waals surface area contributed by atoms with Crippen LogP contribution in [0, 0.1) is 13.8 Å². The molecule has 0 aliphatic heterocycles. The summed E-state index contributed by atoms with van der Waals surface area (Å²) >= 11 is 0. The Morgan fingerprint density at radius 2 is 1.92 bits per heavy atom. The third-order valence-corrected chi connectivity index (χ3v) is 3.86. The van der Waals surface area contributed by atoms with Gasteiger partial charge in [-0.25, -0.2) is 14.6 Å². The zero-order chi connectivity index (χ0) is 16.7. The summed E-state index contributed by atoms with van der Waals surface area (Å²) in [6.45, 7) is 3.93. The smallest absolute Gasteiger partial charge is 0.182 e. The number of nitrogens with two attached hydrogens (primary N) is 1. The van der Waals surface area contributed by atoms with E-state index in [1.807, 2.05) is 44.2 Å². The molecule has 0 spiro atoms. The lowest BCUT2D eigenvalue weighted by Gasteiger charge is -2.11. The van der Waals surface area contributed by atoms with Gasteiger partial charge in [-0.15, -0.1) is 0 Å². The molecule has 4 aromatic rings. The van der Waals surface area contributed by atoms with E-state index in [2.05, 4.69) is 26.1 Å². The SMILES string of the molecule is Cc1cc(C)n(-c2nc(N)cnc2-c2ccc3ncccc3c2)n1. The summed E-state index contributed by atoms with van der Waals surface area (Å²) in [4.78, 5) is 13.3. The van der Waals surface area contributed by atoms with Gasteiger partial charge in [-0.05, 0) is 38.1 Å². The molecular formula is C18H16N6. The van der Waals surface area contributed by atoms with Crippen LogP contribution in [-0.4, -0.2) is 24.7 Å². The van der Waals surface area contributed by atoms with Crippen molar-refractivity contribution in [3.8, 4) is 17.1 Å². The van der Waals surface area contributed by atoms with Gasteiger partial charge < -0.3 is 5.73 Å². The van der Waals surface area contributed by atoms with Gasteiger partial charge in [0, 0.05) is 22.8 Å². The summed E-state index contributed by atoms with van der Waals surface area (Å²) in [7, 11) is 0. The van der Waals surface area contributed by atoms with Gasteiger partial charge in [-0.2, -0.15) is 5.10 Å². The van der Waals surface area contributed by atoms with Crippen molar-refractivity contribution >= 4 is 16.7 Å². The van der Waals surface area contributed by atoms with Crippen LogP contribution < -0.4 is 5.73 Å². The summed E-state index contributed by atoms with van der Waals surface area (Å²) in [6.07, 6.45) is 3.35. The van der Waals surface area contributed by atoms with Crippen molar-refractivity contribution in [2.45, 2.75) is 13.8 Å². The molecule has 2 N–H and O–H groups in total. The van der Waals surface area contributed by atoms with Crippen LogP contribution in [0.5, 0.6) is 0 Å². The van der Waals surface area contributed by atoms with Gasteiger partial charge in [0.1, 0.15) is 11.5 Å². The standard InChI is InChI=1S/C18H16N6/c1-11-8-12(2)24(23-11)18-17(21-10-16(19)22-18)14-5-6-15-13(9-14)4-3-7-20-15/h3-10H,1-2H3,(H2,19,22). The Hall–Kier alpha value is -3.28. The summed E-state index contributed by atoms with van der Waals surface area (Å²) in [5.74, 6) is 0.993. The fraction of sp³-hybridized carbons (Fsp3) is 0.111. The Balaban J connectivity index is 1.95. The maximum atomic E-state index is 5.87. The highest BCUT2D eigenvalue weighted by Crippen LogP contribution is 2.27. The van der Waals surface area contributed by atoms with Crippen molar-refractivity contribution < 1.29 is 0 Å². The summed E-state index contributed by atoms with van der Waals surface area (Å²) in [6, 6.07) is 12.0. The lowest BCUT2D eigenvalue weighted by atomic mass is 10.1. The second-order valence-electron chi connectivity index (χ2n) is 5.72. The van der Waals surface area contributed by atoms with Crippen LogP contribution >= 0.6 is 0 Å². The molecule has 6 heteroatoms. The fourth-order valence-corrected chi connectivity index (χ4v) is 2.81. The van der Waals surface area contributed by atoms with Gasteiger partial charge in [-0.3, -0.25) is 4.98 Å². The average molecular weight is 316 g/mol. The van der Waals surface area contributed by atoms with Crippen LogP contribution in [0.3, 0.4) is 0 Å². The molecule has 0 aliphatic carbocycles. The van der Waals surface area contributed by atoms with Crippen LogP contribution in [0.2, 0.25) is 0 Å². The number of pyridine rings is 1. The first-order chi connectivity index (χ1) is 11.6. The largest absolute Gasteiger partial charge is 0.382 e. The number of aryl methyl sites for hydroxylation is 2. The van der Waals surface area contributed by atoms with Crippen LogP contribution in [0.1, 0.15) is 11.4 Å². The Morgan fingerprint density at radius 3 is 2.71 bits per heavy atom. The van der Waals surface area contributed by atoms with E-state index in [0.29, 0.717) is 11.6 Å². The van der Waals surface area contributed by atoms with Crippen LogP contribution in [0.15, 0.2) is 48.8 Å².